The van der Waals surface area contributed by atoms with Gasteiger partial charge < -0.3 is 5.32 Å². The Balaban J connectivity index is 2.32. The van der Waals surface area contributed by atoms with E-state index in [2.05, 4.69) is 36.2 Å². The van der Waals surface area contributed by atoms with E-state index in [4.69, 9.17) is 0 Å². The first-order valence-electron chi connectivity index (χ1n) is 6.34. The predicted molar refractivity (Wildman–Crippen MR) is 66.2 cm³/mol. The Labute approximate surface area is 98.5 Å². The van der Waals surface area contributed by atoms with E-state index >= 15 is 0 Å². The normalized spacial score (nSPS) is 13.2. The SMILES string of the molecule is CCCC(CCC)NC(C)Cn1cncn1. The van der Waals surface area contributed by atoms with Crippen molar-refractivity contribution in [3.8, 4) is 0 Å². The van der Waals surface area contributed by atoms with E-state index in [1.54, 1.807) is 12.7 Å². The fraction of sp³-hybridized carbons (Fsp3) is 0.833. The summed E-state index contributed by atoms with van der Waals surface area (Å²) in [7, 11) is 0. The molecule has 1 atom stereocenters. The minimum atomic E-state index is 0.449. The van der Waals surface area contributed by atoms with Crippen LogP contribution in [0, 0.1) is 0 Å². The summed E-state index contributed by atoms with van der Waals surface area (Å²) in [6.45, 7) is 7.59. The van der Waals surface area contributed by atoms with Crippen molar-refractivity contribution >= 4 is 0 Å². The van der Waals surface area contributed by atoms with Gasteiger partial charge in [0.1, 0.15) is 12.7 Å². The lowest BCUT2D eigenvalue weighted by atomic mass is 10.1. The molecule has 4 nitrogen and oxygen atoms in total. The predicted octanol–water partition coefficient (Wildman–Crippen LogP) is 2.23. The molecule has 92 valence electrons. The van der Waals surface area contributed by atoms with Crippen molar-refractivity contribution in [2.45, 2.75) is 65.1 Å². The van der Waals surface area contributed by atoms with Crippen LogP contribution >= 0.6 is 0 Å². The molecular weight excluding hydrogens is 200 g/mol. The molecule has 0 bridgehead atoms. The first-order chi connectivity index (χ1) is 7.76. The highest BCUT2D eigenvalue weighted by Crippen LogP contribution is 2.06. The van der Waals surface area contributed by atoms with Crippen LogP contribution in [0.4, 0.5) is 0 Å². The van der Waals surface area contributed by atoms with Crippen LogP contribution in [-0.4, -0.2) is 26.8 Å². The fourth-order valence-corrected chi connectivity index (χ4v) is 2.07. The molecule has 0 aliphatic heterocycles. The van der Waals surface area contributed by atoms with Gasteiger partial charge in [0.2, 0.25) is 0 Å². The van der Waals surface area contributed by atoms with Crippen molar-refractivity contribution in [2.75, 3.05) is 0 Å². The molecule has 0 amide bonds. The Bertz CT molecular complexity index is 252. The molecule has 0 fully saturated rings. The Kier molecular flexibility index (Phi) is 6.08. The second kappa shape index (κ2) is 7.39. The summed E-state index contributed by atoms with van der Waals surface area (Å²) in [6, 6.07) is 1.10. The van der Waals surface area contributed by atoms with E-state index in [1.807, 2.05) is 4.68 Å². The fourth-order valence-electron chi connectivity index (χ4n) is 2.07. The minimum Gasteiger partial charge on any atom is -0.310 e. The molecule has 0 saturated carbocycles. The summed E-state index contributed by atoms with van der Waals surface area (Å²) >= 11 is 0. The molecule has 1 unspecified atom stereocenters. The van der Waals surface area contributed by atoms with E-state index in [0.29, 0.717) is 12.1 Å². The lowest BCUT2D eigenvalue weighted by Crippen LogP contribution is -2.39. The van der Waals surface area contributed by atoms with Crippen molar-refractivity contribution in [2.24, 2.45) is 0 Å². The van der Waals surface area contributed by atoms with Gasteiger partial charge in [-0.05, 0) is 19.8 Å². The Morgan fingerprint density at radius 1 is 1.25 bits per heavy atom. The van der Waals surface area contributed by atoms with E-state index < -0.39 is 0 Å². The Hall–Kier alpha value is -0.900. The van der Waals surface area contributed by atoms with Crippen LogP contribution in [0.15, 0.2) is 12.7 Å². The highest BCUT2D eigenvalue weighted by Gasteiger charge is 2.10. The summed E-state index contributed by atoms with van der Waals surface area (Å²) in [6.07, 6.45) is 8.36. The molecule has 4 heteroatoms. The van der Waals surface area contributed by atoms with Crippen LogP contribution in [0.1, 0.15) is 46.5 Å². The number of rotatable bonds is 8. The number of nitrogens with one attached hydrogen (secondary N) is 1. The minimum absolute atomic E-state index is 0.449. The topological polar surface area (TPSA) is 42.7 Å². The quantitative estimate of drug-likeness (QED) is 0.736. The maximum atomic E-state index is 4.12. The molecule has 16 heavy (non-hydrogen) atoms. The van der Waals surface area contributed by atoms with E-state index in [1.165, 1.54) is 25.7 Å². The van der Waals surface area contributed by atoms with Gasteiger partial charge in [-0.1, -0.05) is 26.7 Å². The highest BCUT2D eigenvalue weighted by atomic mass is 15.3. The molecule has 0 aliphatic carbocycles. The van der Waals surface area contributed by atoms with Gasteiger partial charge in [-0.2, -0.15) is 5.10 Å². The molecule has 0 saturated heterocycles. The van der Waals surface area contributed by atoms with Crippen molar-refractivity contribution in [1.29, 1.82) is 0 Å². The monoisotopic (exact) mass is 224 g/mol. The van der Waals surface area contributed by atoms with Gasteiger partial charge in [0, 0.05) is 12.1 Å². The van der Waals surface area contributed by atoms with E-state index in [9.17, 15) is 0 Å². The van der Waals surface area contributed by atoms with E-state index in [0.717, 1.165) is 6.54 Å². The van der Waals surface area contributed by atoms with Crippen molar-refractivity contribution < 1.29 is 0 Å². The maximum Gasteiger partial charge on any atom is 0.137 e. The molecule has 1 N–H and O–H groups in total. The average Bonchev–Trinajstić information content (AvgIpc) is 2.71. The second-order valence-electron chi connectivity index (χ2n) is 4.46. The average molecular weight is 224 g/mol. The van der Waals surface area contributed by atoms with Gasteiger partial charge in [0.05, 0.1) is 6.54 Å². The third kappa shape index (κ3) is 4.75. The van der Waals surface area contributed by atoms with Gasteiger partial charge in [-0.25, -0.2) is 4.98 Å². The first kappa shape index (κ1) is 13.2. The van der Waals surface area contributed by atoms with Gasteiger partial charge >= 0.3 is 0 Å². The van der Waals surface area contributed by atoms with Crippen LogP contribution in [-0.2, 0) is 6.54 Å². The number of hydrogen-bond donors (Lipinski definition) is 1. The standard InChI is InChI=1S/C12H24N4/c1-4-6-12(7-5-2)15-11(3)8-16-10-13-9-14-16/h9-12,15H,4-8H2,1-3H3. The lowest BCUT2D eigenvalue weighted by molar-refractivity contribution is 0.362. The van der Waals surface area contributed by atoms with Gasteiger partial charge in [0.25, 0.3) is 0 Å². The van der Waals surface area contributed by atoms with Crippen LogP contribution in [0.5, 0.6) is 0 Å². The first-order valence-corrected chi connectivity index (χ1v) is 6.34. The number of aromatic nitrogens is 3. The maximum absolute atomic E-state index is 4.12. The Morgan fingerprint density at radius 3 is 2.44 bits per heavy atom. The van der Waals surface area contributed by atoms with Crippen LogP contribution in [0.3, 0.4) is 0 Å². The zero-order valence-electron chi connectivity index (χ0n) is 10.7. The zero-order chi connectivity index (χ0) is 11.8. The number of hydrogen-bond acceptors (Lipinski definition) is 3. The summed E-state index contributed by atoms with van der Waals surface area (Å²) < 4.78 is 1.88. The zero-order valence-corrected chi connectivity index (χ0v) is 10.7. The second-order valence-corrected chi connectivity index (χ2v) is 4.46. The smallest absolute Gasteiger partial charge is 0.137 e. The summed E-state index contributed by atoms with van der Waals surface area (Å²) in [5, 5.41) is 7.79. The van der Waals surface area contributed by atoms with Crippen molar-refractivity contribution in [3.63, 3.8) is 0 Å². The van der Waals surface area contributed by atoms with Crippen LogP contribution in [0.25, 0.3) is 0 Å². The van der Waals surface area contributed by atoms with Gasteiger partial charge in [0.15, 0.2) is 0 Å². The lowest BCUT2D eigenvalue weighted by Gasteiger charge is -2.22. The third-order valence-electron chi connectivity index (χ3n) is 2.72. The molecule has 1 aromatic heterocycles. The Morgan fingerprint density at radius 2 is 1.94 bits per heavy atom. The molecular formula is C12H24N4. The van der Waals surface area contributed by atoms with Gasteiger partial charge in [-0.15, -0.1) is 0 Å². The summed E-state index contributed by atoms with van der Waals surface area (Å²) in [4.78, 5) is 3.95. The molecule has 1 heterocycles. The van der Waals surface area contributed by atoms with Crippen molar-refractivity contribution in [1.82, 2.24) is 20.1 Å². The molecule has 0 aromatic carbocycles. The highest BCUT2D eigenvalue weighted by molar-refractivity contribution is 4.71. The van der Waals surface area contributed by atoms with Crippen LogP contribution < -0.4 is 5.32 Å². The molecule has 1 rings (SSSR count). The van der Waals surface area contributed by atoms with E-state index in [-0.39, 0.29) is 0 Å². The molecule has 0 aliphatic rings. The summed E-state index contributed by atoms with van der Waals surface area (Å²) in [5.74, 6) is 0. The molecule has 1 aromatic rings. The van der Waals surface area contributed by atoms with Crippen molar-refractivity contribution in [3.05, 3.63) is 12.7 Å². The largest absolute Gasteiger partial charge is 0.310 e. The molecule has 0 radical (unpaired) electrons. The van der Waals surface area contributed by atoms with Crippen LogP contribution in [0.2, 0.25) is 0 Å². The third-order valence-corrected chi connectivity index (χ3v) is 2.72. The van der Waals surface area contributed by atoms with Gasteiger partial charge in [-0.3, -0.25) is 4.68 Å². The summed E-state index contributed by atoms with van der Waals surface area (Å²) in [5.41, 5.74) is 0. The molecule has 0 spiro atoms. The number of nitrogens with zero attached hydrogens (tertiary/aromatic N) is 3.